The van der Waals surface area contributed by atoms with Crippen LogP contribution in [0.4, 0.5) is 0 Å². The summed E-state index contributed by atoms with van der Waals surface area (Å²) in [7, 11) is -3.02. The molecule has 3 heteroatoms. The molecule has 0 aromatic heterocycles. The van der Waals surface area contributed by atoms with Crippen molar-refractivity contribution < 1.29 is 8.42 Å². The largest absolute Gasteiger partial charge is 0.223 e. The second kappa shape index (κ2) is 2.87. The van der Waals surface area contributed by atoms with Crippen LogP contribution in [0.25, 0.3) is 0 Å². The van der Waals surface area contributed by atoms with E-state index >= 15 is 0 Å². The van der Waals surface area contributed by atoms with Gasteiger partial charge in [-0.25, -0.2) is 8.42 Å². The lowest BCUT2D eigenvalue weighted by Gasteiger charge is -2.19. The highest BCUT2D eigenvalue weighted by molar-refractivity contribution is 7.96. The van der Waals surface area contributed by atoms with Gasteiger partial charge in [0.15, 0.2) is 9.84 Å². The predicted molar refractivity (Wildman–Crippen MR) is 50.6 cm³/mol. The Morgan fingerprint density at radius 1 is 1.33 bits per heavy atom. The smallest absolute Gasteiger partial charge is 0.179 e. The van der Waals surface area contributed by atoms with Crippen molar-refractivity contribution in [3.05, 3.63) is 11.0 Å². The van der Waals surface area contributed by atoms with E-state index in [1.165, 1.54) is 0 Å². The fourth-order valence-corrected chi connectivity index (χ4v) is 2.82. The molecule has 0 saturated heterocycles. The van der Waals surface area contributed by atoms with Crippen molar-refractivity contribution in [1.82, 2.24) is 0 Å². The first-order valence-electron chi connectivity index (χ1n) is 4.29. The van der Waals surface area contributed by atoms with Crippen LogP contribution < -0.4 is 0 Å². The molecule has 0 heterocycles. The standard InChI is InChI=1S/C9H16O2S/c1-9(2,3)12(10,11)8-6-4-5-7-8/h6H,4-5,7H2,1-3H3. The van der Waals surface area contributed by atoms with Crippen LogP contribution in [0.2, 0.25) is 0 Å². The first-order chi connectivity index (χ1) is 5.36. The van der Waals surface area contributed by atoms with Gasteiger partial charge in [0.2, 0.25) is 0 Å². The van der Waals surface area contributed by atoms with E-state index in [9.17, 15) is 8.42 Å². The van der Waals surface area contributed by atoms with Crippen molar-refractivity contribution in [2.24, 2.45) is 0 Å². The molecule has 1 aliphatic carbocycles. The Bertz CT molecular complexity index is 291. The molecular formula is C9H16O2S. The van der Waals surface area contributed by atoms with E-state index in [0.717, 1.165) is 19.3 Å². The average molecular weight is 188 g/mol. The Kier molecular flexibility index (Phi) is 2.34. The Morgan fingerprint density at radius 2 is 1.92 bits per heavy atom. The van der Waals surface area contributed by atoms with Gasteiger partial charge in [-0.2, -0.15) is 0 Å². The molecule has 0 bridgehead atoms. The molecule has 2 nitrogen and oxygen atoms in total. The highest BCUT2D eigenvalue weighted by Gasteiger charge is 2.33. The molecule has 0 N–H and O–H groups in total. The van der Waals surface area contributed by atoms with Gasteiger partial charge in [0, 0.05) is 4.91 Å². The first kappa shape index (κ1) is 9.78. The van der Waals surface area contributed by atoms with E-state index in [1.807, 2.05) is 6.08 Å². The van der Waals surface area contributed by atoms with Gasteiger partial charge in [0.05, 0.1) is 4.75 Å². The van der Waals surface area contributed by atoms with E-state index in [2.05, 4.69) is 0 Å². The van der Waals surface area contributed by atoms with Crippen LogP contribution in [0.5, 0.6) is 0 Å². The highest BCUT2D eigenvalue weighted by Crippen LogP contribution is 2.30. The van der Waals surface area contributed by atoms with Gasteiger partial charge < -0.3 is 0 Å². The van der Waals surface area contributed by atoms with Crippen LogP contribution in [-0.2, 0) is 9.84 Å². The van der Waals surface area contributed by atoms with E-state index in [1.54, 1.807) is 20.8 Å². The monoisotopic (exact) mass is 188 g/mol. The van der Waals surface area contributed by atoms with Crippen molar-refractivity contribution in [3.63, 3.8) is 0 Å². The lowest BCUT2D eigenvalue weighted by atomic mass is 10.3. The van der Waals surface area contributed by atoms with E-state index < -0.39 is 14.6 Å². The molecule has 0 unspecified atom stereocenters. The molecule has 0 aliphatic heterocycles. The van der Waals surface area contributed by atoms with E-state index in [4.69, 9.17) is 0 Å². The van der Waals surface area contributed by atoms with E-state index in [-0.39, 0.29) is 0 Å². The zero-order chi connectivity index (χ0) is 9.41. The van der Waals surface area contributed by atoms with Gasteiger partial charge in [-0.1, -0.05) is 6.08 Å². The Labute approximate surface area is 74.6 Å². The molecule has 70 valence electrons. The van der Waals surface area contributed by atoms with Crippen LogP contribution >= 0.6 is 0 Å². The van der Waals surface area contributed by atoms with Gasteiger partial charge in [-0.05, 0) is 40.0 Å². The SMILES string of the molecule is CC(C)(C)S(=O)(=O)C1=CCCC1. The Morgan fingerprint density at radius 3 is 2.25 bits per heavy atom. The normalized spacial score (nSPS) is 19.4. The third kappa shape index (κ3) is 1.56. The molecule has 0 amide bonds. The van der Waals surface area contributed by atoms with Crippen molar-refractivity contribution in [3.8, 4) is 0 Å². The van der Waals surface area contributed by atoms with Crippen molar-refractivity contribution in [1.29, 1.82) is 0 Å². The molecule has 0 atom stereocenters. The quantitative estimate of drug-likeness (QED) is 0.632. The summed E-state index contributed by atoms with van der Waals surface area (Å²) in [6, 6.07) is 0. The molecular weight excluding hydrogens is 172 g/mol. The molecule has 0 aromatic rings. The summed E-state index contributed by atoms with van der Waals surface area (Å²) in [5.74, 6) is 0. The van der Waals surface area contributed by atoms with Crippen LogP contribution in [0, 0.1) is 0 Å². The minimum atomic E-state index is -3.02. The third-order valence-corrected chi connectivity index (χ3v) is 4.82. The zero-order valence-corrected chi connectivity index (χ0v) is 8.74. The summed E-state index contributed by atoms with van der Waals surface area (Å²) >= 11 is 0. The highest BCUT2D eigenvalue weighted by atomic mass is 32.2. The van der Waals surface area contributed by atoms with Gasteiger partial charge in [-0.15, -0.1) is 0 Å². The summed E-state index contributed by atoms with van der Waals surface area (Å²) in [6.07, 6.45) is 4.51. The maximum absolute atomic E-state index is 11.8. The third-order valence-electron chi connectivity index (χ3n) is 2.15. The molecule has 0 spiro atoms. The maximum Gasteiger partial charge on any atom is 0.179 e. The van der Waals surface area contributed by atoms with E-state index in [0.29, 0.717) is 4.91 Å². The molecule has 0 fully saturated rings. The second-order valence-electron chi connectivity index (χ2n) is 4.18. The molecule has 0 aromatic carbocycles. The van der Waals surface area contributed by atoms with Gasteiger partial charge >= 0.3 is 0 Å². The fourth-order valence-electron chi connectivity index (χ4n) is 1.28. The van der Waals surface area contributed by atoms with Crippen LogP contribution in [-0.4, -0.2) is 13.2 Å². The fraction of sp³-hybridized carbons (Fsp3) is 0.778. The summed E-state index contributed by atoms with van der Waals surface area (Å²) in [4.78, 5) is 0.648. The number of rotatable bonds is 1. The molecule has 12 heavy (non-hydrogen) atoms. The summed E-state index contributed by atoms with van der Waals surface area (Å²) in [5.41, 5.74) is 0. The minimum absolute atomic E-state index is 0.636. The van der Waals surface area contributed by atoms with Crippen molar-refractivity contribution in [2.75, 3.05) is 0 Å². The van der Waals surface area contributed by atoms with Crippen LogP contribution in [0.1, 0.15) is 40.0 Å². The average Bonchev–Trinajstić information content (AvgIpc) is 2.34. The number of hydrogen-bond acceptors (Lipinski definition) is 2. The zero-order valence-electron chi connectivity index (χ0n) is 7.92. The Hall–Kier alpha value is -0.310. The lowest BCUT2D eigenvalue weighted by molar-refractivity contribution is 0.565. The van der Waals surface area contributed by atoms with Crippen LogP contribution in [0.3, 0.4) is 0 Å². The lowest BCUT2D eigenvalue weighted by Crippen LogP contribution is -2.28. The summed E-state index contributed by atoms with van der Waals surface area (Å²) in [6.45, 7) is 5.25. The molecule has 0 radical (unpaired) electrons. The number of sulfone groups is 1. The summed E-state index contributed by atoms with van der Waals surface area (Å²) in [5, 5.41) is 0. The summed E-state index contributed by atoms with van der Waals surface area (Å²) < 4.78 is 22.9. The predicted octanol–water partition coefficient (Wildman–Crippen LogP) is 2.27. The maximum atomic E-state index is 11.8. The van der Waals surface area contributed by atoms with Gasteiger partial charge in [-0.3, -0.25) is 0 Å². The minimum Gasteiger partial charge on any atom is -0.223 e. The topological polar surface area (TPSA) is 34.1 Å². The van der Waals surface area contributed by atoms with Crippen LogP contribution in [0.15, 0.2) is 11.0 Å². The van der Waals surface area contributed by atoms with Crippen molar-refractivity contribution >= 4 is 9.84 Å². The van der Waals surface area contributed by atoms with Gasteiger partial charge in [0.25, 0.3) is 0 Å². The number of allylic oxidation sites excluding steroid dienone is 2. The van der Waals surface area contributed by atoms with Crippen molar-refractivity contribution in [2.45, 2.75) is 44.8 Å². The Balaban J connectivity index is 3.02. The first-order valence-corrected chi connectivity index (χ1v) is 5.78. The molecule has 1 aliphatic rings. The molecule has 0 saturated carbocycles. The molecule has 1 rings (SSSR count). The van der Waals surface area contributed by atoms with Gasteiger partial charge in [0.1, 0.15) is 0 Å². The number of hydrogen-bond donors (Lipinski definition) is 0. The second-order valence-corrected chi connectivity index (χ2v) is 6.93.